The van der Waals surface area contributed by atoms with Crippen molar-refractivity contribution in [3.8, 4) is 28.3 Å². The van der Waals surface area contributed by atoms with Gasteiger partial charge in [-0.3, -0.25) is 0 Å². The zero-order chi connectivity index (χ0) is 26.8. The molecule has 196 valence electrons. The summed E-state index contributed by atoms with van der Waals surface area (Å²) in [6.45, 7) is 0.392. The first-order valence-electron chi connectivity index (χ1n) is 13.4. The van der Waals surface area contributed by atoms with Crippen molar-refractivity contribution in [1.29, 1.82) is 0 Å². The van der Waals surface area contributed by atoms with Crippen LogP contribution < -0.4 is 4.74 Å². The number of carboxylic acids is 1. The first-order chi connectivity index (χ1) is 19.1. The number of hydrogen-bond donors (Lipinski definition) is 1. The van der Waals surface area contributed by atoms with Crippen molar-refractivity contribution in [3.05, 3.63) is 107 Å². The summed E-state index contributed by atoms with van der Waals surface area (Å²) in [6.07, 6.45) is 5.75. The third-order valence-corrected chi connectivity index (χ3v) is 7.85. The molecule has 1 aromatic heterocycles. The third kappa shape index (κ3) is 5.15. The maximum atomic E-state index is 11.6. The van der Waals surface area contributed by atoms with Crippen LogP contribution in [0.5, 0.6) is 5.75 Å². The van der Waals surface area contributed by atoms with Crippen LogP contribution >= 0.6 is 11.6 Å². The van der Waals surface area contributed by atoms with Gasteiger partial charge in [0.05, 0.1) is 21.6 Å². The fourth-order valence-corrected chi connectivity index (χ4v) is 5.84. The molecule has 0 radical (unpaired) electrons. The average Bonchev–Trinajstić information content (AvgIpc) is 3.36. The first-order valence-corrected chi connectivity index (χ1v) is 13.8. The Bertz CT molecular complexity index is 1640. The first kappa shape index (κ1) is 25.2. The Kier molecular flexibility index (Phi) is 7.08. The number of fused-ring (bicyclic) bond motifs is 1. The highest BCUT2D eigenvalue weighted by atomic mass is 35.5. The smallest absolute Gasteiger partial charge is 0.335 e. The highest BCUT2D eigenvalue weighted by Gasteiger charge is 2.23. The fourth-order valence-electron chi connectivity index (χ4n) is 5.60. The van der Waals surface area contributed by atoms with Crippen molar-refractivity contribution in [2.75, 3.05) is 0 Å². The van der Waals surface area contributed by atoms with Crippen molar-refractivity contribution < 1.29 is 14.6 Å². The minimum atomic E-state index is -0.955. The molecule has 0 unspecified atom stereocenters. The lowest BCUT2D eigenvalue weighted by Gasteiger charge is -2.25. The zero-order valence-electron chi connectivity index (χ0n) is 21.5. The number of benzene rings is 4. The molecular formula is C33H29ClN2O3. The van der Waals surface area contributed by atoms with Gasteiger partial charge in [-0.1, -0.05) is 85.5 Å². The number of rotatable bonds is 7. The Morgan fingerprint density at radius 1 is 0.897 bits per heavy atom. The minimum Gasteiger partial charge on any atom is -0.487 e. The monoisotopic (exact) mass is 536 g/mol. The van der Waals surface area contributed by atoms with Gasteiger partial charge >= 0.3 is 5.97 Å². The predicted octanol–water partition coefficient (Wildman–Crippen LogP) is 8.81. The molecule has 39 heavy (non-hydrogen) atoms. The van der Waals surface area contributed by atoms with Crippen LogP contribution in [0.25, 0.3) is 33.5 Å². The van der Waals surface area contributed by atoms with E-state index in [9.17, 15) is 9.90 Å². The molecule has 5 nitrogen and oxygen atoms in total. The summed E-state index contributed by atoms with van der Waals surface area (Å²) in [4.78, 5) is 16.5. The summed E-state index contributed by atoms with van der Waals surface area (Å²) in [5.41, 5.74) is 6.12. The largest absolute Gasteiger partial charge is 0.487 e. The normalized spacial score (nSPS) is 14.0. The summed E-state index contributed by atoms with van der Waals surface area (Å²) in [7, 11) is 0. The van der Waals surface area contributed by atoms with E-state index in [0.717, 1.165) is 46.4 Å². The fraction of sp³-hybridized carbons (Fsp3) is 0.212. The minimum absolute atomic E-state index is 0.236. The van der Waals surface area contributed by atoms with E-state index in [1.807, 2.05) is 54.6 Å². The summed E-state index contributed by atoms with van der Waals surface area (Å²) in [5.74, 6) is 0.461. The second kappa shape index (κ2) is 11.0. The van der Waals surface area contributed by atoms with E-state index in [0.29, 0.717) is 28.9 Å². The Labute approximate surface area is 232 Å². The van der Waals surface area contributed by atoms with Crippen LogP contribution in [-0.2, 0) is 6.61 Å². The number of hydrogen-bond acceptors (Lipinski definition) is 3. The number of ether oxygens (including phenoxy) is 1. The van der Waals surface area contributed by atoms with Crippen LogP contribution in [0.1, 0.15) is 54.1 Å². The van der Waals surface area contributed by atoms with Gasteiger partial charge in [-0.25, -0.2) is 9.78 Å². The van der Waals surface area contributed by atoms with E-state index >= 15 is 0 Å². The summed E-state index contributed by atoms with van der Waals surface area (Å²) < 4.78 is 8.48. The van der Waals surface area contributed by atoms with E-state index in [4.69, 9.17) is 21.3 Å². The molecule has 1 heterocycles. The number of carboxylic acid groups (broad SMARTS) is 1. The van der Waals surface area contributed by atoms with Gasteiger partial charge in [0.2, 0.25) is 0 Å². The van der Waals surface area contributed by atoms with Crippen molar-refractivity contribution in [3.63, 3.8) is 0 Å². The molecule has 0 saturated heterocycles. The molecule has 6 heteroatoms. The standard InChI is InChI=1S/C33H29ClN2O3/c34-28-19-23(16-18-31(28)39-21-25-11-7-8-14-27(25)22-9-3-1-4-10-22)32-35-29-20-24(33(37)38)15-17-30(29)36(32)26-12-5-2-6-13-26/h1,3-4,7-11,14-20,26H,2,5-6,12-13,21H2,(H,37,38). The maximum absolute atomic E-state index is 11.6. The molecule has 0 aliphatic heterocycles. The highest BCUT2D eigenvalue weighted by Crippen LogP contribution is 2.38. The summed E-state index contributed by atoms with van der Waals surface area (Å²) >= 11 is 6.77. The summed E-state index contributed by atoms with van der Waals surface area (Å²) in [6, 6.07) is 29.8. The van der Waals surface area contributed by atoms with Crippen LogP contribution in [0.3, 0.4) is 0 Å². The Hall–Kier alpha value is -4.09. The van der Waals surface area contributed by atoms with Crippen LogP contribution in [0, 0.1) is 0 Å². The van der Waals surface area contributed by atoms with E-state index < -0.39 is 5.97 Å². The van der Waals surface area contributed by atoms with Crippen LogP contribution in [-0.4, -0.2) is 20.6 Å². The Balaban J connectivity index is 1.32. The topological polar surface area (TPSA) is 64.3 Å². The molecule has 6 rings (SSSR count). The van der Waals surface area contributed by atoms with Gasteiger partial charge < -0.3 is 14.4 Å². The maximum Gasteiger partial charge on any atom is 0.335 e. The lowest BCUT2D eigenvalue weighted by atomic mass is 9.95. The van der Waals surface area contributed by atoms with Crippen molar-refractivity contribution in [2.45, 2.75) is 44.8 Å². The van der Waals surface area contributed by atoms with Crippen molar-refractivity contribution >= 4 is 28.6 Å². The Morgan fingerprint density at radius 3 is 2.44 bits per heavy atom. The number of aromatic carboxylic acids is 1. The molecule has 1 saturated carbocycles. The second-order valence-electron chi connectivity index (χ2n) is 10.1. The molecule has 1 fully saturated rings. The molecule has 0 atom stereocenters. The number of nitrogens with zero attached hydrogens (tertiary/aromatic N) is 2. The molecule has 4 aromatic carbocycles. The number of imidazole rings is 1. The average molecular weight is 537 g/mol. The van der Waals surface area contributed by atoms with E-state index in [2.05, 4.69) is 28.8 Å². The lowest BCUT2D eigenvalue weighted by Crippen LogP contribution is -2.14. The molecule has 0 amide bonds. The van der Waals surface area contributed by atoms with Crippen LogP contribution in [0.15, 0.2) is 91.0 Å². The molecule has 0 bridgehead atoms. The summed E-state index contributed by atoms with van der Waals surface area (Å²) in [5, 5.41) is 10.0. The molecular weight excluding hydrogens is 508 g/mol. The van der Waals surface area contributed by atoms with Gasteiger partial charge in [0.1, 0.15) is 18.2 Å². The van der Waals surface area contributed by atoms with Crippen LogP contribution in [0.2, 0.25) is 5.02 Å². The van der Waals surface area contributed by atoms with Gasteiger partial charge in [0.25, 0.3) is 0 Å². The van der Waals surface area contributed by atoms with E-state index in [-0.39, 0.29) is 5.56 Å². The van der Waals surface area contributed by atoms with Crippen molar-refractivity contribution in [2.24, 2.45) is 0 Å². The second-order valence-corrected chi connectivity index (χ2v) is 10.5. The zero-order valence-corrected chi connectivity index (χ0v) is 22.3. The van der Waals surface area contributed by atoms with Gasteiger partial charge in [0, 0.05) is 11.6 Å². The Morgan fingerprint density at radius 2 is 1.67 bits per heavy atom. The predicted molar refractivity (Wildman–Crippen MR) is 155 cm³/mol. The number of halogens is 1. The molecule has 1 aliphatic rings. The number of aromatic nitrogens is 2. The molecule has 0 spiro atoms. The number of carbonyl (C=O) groups is 1. The highest BCUT2D eigenvalue weighted by molar-refractivity contribution is 6.32. The quantitative estimate of drug-likeness (QED) is 0.226. The van der Waals surface area contributed by atoms with E-state index in [1.54, 1.807) is 12.1 Å². The molecule has 5 aromatic rings. The molecule has 1 aliphatic carbocycles. The van der Waals surface area contributed by atoms with Crippen LogP contribution in [0.4, 0.5) is 0 Å². The van der Waals surface area contributed by atoms with Gasteiger partial charge in [0.15, 0.2) is 0 Å². The van der Waals surface area contributed by atoms with E-state index in [1.165, 1.54) is 19.3 Å². The van der Waals surface area contributed by atoms with Crippen molar-refractivity contribution in [1.82, 2.24) is 9.55 Å². The van der Waals surface area contributed by atoms with Gasteiger partial charge in [-0.15, -0.1) is 0 Å². The SMILES string of the molecule is O=C(O)c1ccc2c(c1)nc(-c1ccc(OCc3ccccc3-c3ccccc3)c(Cl)c1)n2C1CCCCC1. The van der Waals surface area contributed by atoms with Gasteiger partial charge in [-0.2, -0.15) is 0 Å². The third-order valence-electron chi connectivity index (χ3n) is 7.55. The lowest BCUT2D eigenvalue weighted by molar-refractivity contribution is 0.0697. The van der Waals surface area contributed by atoms with Gasteiger partial charge in [-0.05, 0) is 65.9 Å². The molecule has 1 N–H and O–H groups in total.